The predicted molar refractivity (Wildman–Crippen MR) is 125 cm³/mol. The van der Waals surface area contributed by atoms with Crippen LogP contribution in [0.3, 0.4) is 0 Å². The van der Waals surface area contributed by atoms with Crippen LogP contribution < -0.4 is 4.90 Å². The molecule has 2 saturated heterocycles. The number of fused-ring (bicyclic) bond motifs is 1. The number of morpholine rings is 1. The second-order valence-corrected chi connectivity index (χ2v) is 10.4. The highest BCUT2D eigenvalue weighted by Crippen LogP contribution is 2.27. The molecule has 0 radical (unpaired) electrons. The Labute approximate surface area is 198 Å². The van der Waals surface area contributed by atoms with Crippen molar-refractivity contribution in [2.75, 3.05) is 44.3 Å². The smallest absolute Gasteiger partial charge is 0.309 e. The van der Waals surface area contributed by atoms with Crippen LogP contribution in [0.1, 0.15) is 18.4 Å². The Morgan fingerprint density at radius 3 is 2.56 bits per heavy atom. The molecule has 0 atom stereocenters. The number of hydrogen-bond donors (Lipinski definition) is 0. The summed E-state index contributed by atoms with van der Waals surface area (Å²) in [5.74, 6) is -0.473. The van der Waals surface area contributed by atoms with Crippen molar-refractivity contribution < 1.29 is 27.1 Å². The highest BCUT2D eigenvalue weighted by Gasteiger charge is 2.29. The molecule has 34 heavy (non-hydrogen) atoms. The molecule has 5 rings (SSSR count). The number of esters is 1. The number of rotatable bonds is 6. The van der Waals surface area contributed by atoms with Gasteiger partial charge >= 0.3 is 5.97 Å². The van der Waals surface area contributed by atoms with Gasteiger partial charge in [0.1, 0.15) is 12.1 Å². The van der Waals surface area contributed by atoms with Gasteiger partial charge in [-0.3, -0.25) is 4.79 Å². The van der Waals surface area contributed by atoms with Gasteiger partial charge in [-0.25, -0.2) is 8.42 Å². The molecule has 0 bridgehead atoms. The predicted octanol–water partition coefficient (Wildman–Crippen LogP) is 2.81. The molecule has 3 aromatic rings. The van der Waals surface area contributed by atoms with E-state index in [0.29, 0.717) is 63.8 Å². The number of hydrogen-bond acceptors (Lipinski definition) is 8. The molecule has 1 aromatic heterocycles. The first-order chi connectivity index (χ1) is 16.5. The van der Waals surface area contributed by atoms with E-state index in [2.05, 4.69) is 4.98 Å². The number of carbonyl (C=O) groups excluding carboxylic acids is 1. The van der Waals surface area contributed by atoms with Crippen LogP contribution in [-0.2, 0) is 30.9 Å². The number of piperidine rings is 1. The van der Waals surface area contributed by atoms with Gasteiger partial charge in [0.15, 0.2) is 5.58 Å². The van der Waals surface area contributed by atoms with E-state index in [-0.39, 0.29) is 23.4 Å². The molecular weight excluding hydrogens is 458 g/mol. The summed E-state index contributed by atoms with van der Waals surface area (Å²) in [5, 5.41) is 0. The van der Waals surface area contributed by atoms with Gasteiger partial charge in [-0.05, 0) is 42.7 Å². The summed E-state index contributed by atoms with van der Waals surface area (Å²) in [6.45, 7) is 2.80. The fourth-order valence-electron chi connectivity index (χ4n) is 4.31. The maximum Gasteiger partial charge on any atom is 0.309 e. The second kappa shape index (κ2) is 9.73. The third-order valence-corrected chi connectivity index (χ3v) is 8.16. The lowest BCUT2D eigenvalue weighted by atomic mass is 9.97. The van der Waals surface area contributed by atoms with Crippen molar-refractivity contribution in [3.05, 3.63) is 54.1 Å². The normalized spacial score (nSPS) is 18.3. The van der Waals surface area contributed by atoms with Gasteiger partial charge in [-0.15, -0.1) is 0 Å². The van der Waals surface area contributed by atoms with Gasteiger partial charge in [-0.2, -0.15) is 9.29 Å². The zero-order valence-corrected chi connectivity index (χ0v) is 19.6. The Balaban J connectivity index is 1.16. The third kappa shape index (κ3) is 4.79. The summed E-state index contributed by atoms with van der Waals surface area (Å²) in [6.07, 6.45) is 1.28. The van der Waals surface area contributed by atoms with Crippen molar-refractivity contribution in [3.63, 3.8) is 0 Å². The summed E-state index contributed by atoms with van der Waals surface area (Å²) in [6, 6.07) is 14.8. The van der Waals surface area contributed by atoms with Gasteiger partial charge in [0.2, 0.25) is 10.0 Å². The van der Waals surface area contributed by atoms with E-state index in [0.717, 1.165) is 11.1 Å². The van der Waals surface area contributed by atoms with Crippen molar-refractivity contribution in [1.82, 2.24) is 9.29 Å². The Kier molecular flexibility index (Phi) is 6.53. The molecule has 2 aliphatic heterocycles. The van der Waals surface area contributed by atoms with Crippen LogP contribution in [0.15, 0.2) is 57.8 Å². The Hall–Kier alpha value is -2.95. The van der Waals surface area contributed by atoms with E-state index in [1.165, 1.54) is 4.31 Å². The first-order valence-electron chi connectivity index (χ1n) is 11.4. The molecule has 0 spiro atoms. The first kappa shape index (κ1) is 22.8. The summed E-state index contributed by atoms with van der Waals surface area (Å²) in [5.41, 5.74) is 2.21. The van der Waals surface area contributed by atoms with E-state index in [1.54, 1.807) is 24.3 Å². The highest BCUT2D eigenvalue weighted by molar-refractivity contribution is 7.89. The van der Waals surface area contributed by atoms with Crippen molar-refractivity contribution in [3.8, 4) is 0 Å². The van der Waals surface area contributed by atoms with Crippen LogP contribution in [0.2, 0.25) is 0 Å². The van der Waals surface area contributed by atoms with Crippen molar-refractivity contribution in [2.45, 2.75) is 24.3 Å². The van der Waals surface area contributed by atoms with Crippen LogP contribution in [0.25, 0.3) is 11.1 Å². The molecule has 0 saturated carbocycles. The number of ether oxygens (including phenoxy) is 2. The van der Waals surface area contributed by atoms with Crippen LogP contribution in [0.5, 0.6) is 0 Å². The monoisotopic (exact) mass is 485 g/mol. The highest BCUT2D eigenvalue weighted by atomic mass is 32.2. The van der Waals surface area contributed by atoms with Crippen LogP contribution >= 0.6 is 0 Å². The molecule has 2 aliphatic rings. The Bertz CT molecular complexity index is 1230. The zero-order chi connectivity index (χ0) is 23.5. The van der Waals surface area contributed by atoms with Crippen LogP contribution in [0.4, 0.5) is 6.01 Å². The maximum absolute atomic E-state index is 12.9. The third-order valence-electron chi connectivity index (χ3n) is 6.27. The fourth-order valence-corrected chi connectivity index (χ4v) is 5.78. The standard InChI is InChI=1S/C24H27N3O6S/c28-23(19-8-10-26(11-9-19)24-25-21-6-1-2-7-22(21)33-24)32-17-18-4-3-5-20(16-18)34(29,30)27-12-14-31-15-13-27/h1-7,16,19H,8-15,17H2. The number of carbonyl (C=O) groups is 1. The van der Waals surface area contributed by atoms with Gasteiger partial charge in [0.25, 0.3) is 6.01 Å². The van der Waals surface area contributed by atoms with Crippen LogP contribution in [-0.4, -0.2) is 63.1 Å². The summed E-state index contributed by atoms with van der Waals surface area (Å²) in [4.78, 5) is 19.4. The number of sulfonamides is 1. The molecule has 0 amide bonds. The van der Waals surface area contributed by atoms with Crippen molar-refractivity contribution in [2.24, 2.45) is 5.92 Å². The molecule has 9 nitrogen and oxygen atoms in total. The van der Waals surface area contributed by atoms with Crippen molar-refractivity contribution in [1.29, 1.82) is 0 Å². The second-order valence-electron chi connectivity index (χ2n) is 8.50. The van der Waals surface area contributed by atoms with Crippen LogP contribution in [0, 0.1) is 5.92 Å². The molecule has 3 heterocycles. The number of para-hydroxylation sites is 2. The lowest BCUT2D eigenvalue weighted by Crippen LogP contribution is -2.40. The van der Waals surface area contributed by atoms with E-state index < -0.39 is 10.0 Å². The minimum atomic E-state index is -3.59. The van der Waals surface area contributed by atoms with Crippen molar-refractivity contribution >= 4 is 33.1 Å². The fraction of sp³-hybridized carbons (Fsp3) is 0.417. The van der Waals surface area contributed by atoms with E-state index in [1.807, 2.05) is 29.2 Å². The van der Waals surface area contributed by atoms with Gasteiger partial charge in [-0.1, -0.05) is 24.3 Å². The molecule has 0 unspecified atom stereocenters. The SMILES string of the molecule is O=C(OCc1cccc(S(=O)(=O)N2CCOCC2)c1)C1CCN(c2nc3ccccc3o2)CC1. The largest absolute Gasteiger partial charge is 0.461 e. The molecule has 180 valence electrons. The van der Waals surface area contributed by atoms with Gasteiger partial charge in [0.05, 0.1) is 24.0 Å². The van der Waals surface area contributed by atoms with Gasteiger partial charge < -0.3 is 18.8 Å². The maximum atomic E-state index is 12.9. The van der Waals surface area contributed by atoms with E-state index >= 15 is 0 Å². The number of aromatic nitrogens is 1. The number of benzene rings is 2. The Morgan fingerprint density at radius 1 is 1.03 bits per heavy atom. The van der Waals surface area contributed by atoms with E-state index in [4.69, 9.17) is 13.9 Å². The van der Waals surface area contributed by atoms with E-state index in [9.17, 15) is 13.2 Å². The number of anilines is 1. The lowest BCUT2D eigenvalue weighted by molar-refractivity contribution is -0.150. The molecule has 2 aromatic carbocycles. The van der Waals surface area contributed by atoms with Gasteiger partial charge in [0, 0.05) is 26.2 Å². The quantitative estimate of drug-likeness (QED) is 0.491. The molecule has 0 aliphatic carbocycles. The molecule has 0 N–H and O–H groups in total. The number of oxazole rings is 1. The minimum Gasteiger partial charge on any atom is -0.461 e. The average molecular weight is 486 g/mol. The molecular formula is C24H27N3O6S. The summed E-state index contributed by atoms with van der Waals surface area (Å²) in [7, 11) is -3.59. The minimum absolute atomic E-state index is 0.0383. The Morgan fingerprint density at radius 2 is 1.79 bits per heavy atom. The topological polar surface area (TPSA) is 102 Å². The summed E-state index contributed by atoms with van der Waals surface area (Å²) >= 11 is 0. The molecule has 2 fully saturated rings. The molecule has 10 heteroatoms. The lowest BCUT2D eigenvalue weighted by Gasteiger charge is -2.29. The number of nitrogens with zero attached hydrogens (tertiary/aromatic N) is 3. The first-order valence-corrected chi connectivity index (χ1v) is 12.9. The average Bonchev–Trinajstić information content (AvgIpc) is 3.32. The zero-order valence-electron chi connectivity index (χ0n) is 18.8. The summed E-state index contributed by atoms with van der Waals surface area (Å²) < 4.78 is 43.8.